The molecular formula is C26H33N5O4S. The number of aromatic nitrogens is 3. The first-order valence-electron chi connectivity index (χ1n) is 12.4. The van der Waals surface area contributed by atoms with Crippen molar-refractivity contribution in [2.75, 3.05) is 18.4 Å². The second kappa shape index (κ2) is 8.76. The van der Waals surface area contributed by atoms with Crippen molar-refractivity contribution in [3.63, 3.8) is 0 Å². The number of benzene rings is 1. The number of carbonyl (C=O) groups is 1. The third-order valence-electron chi connectivity index (χ3n) is 6.92. The molecule has 10 heteroatoms. The quantitative estimate of drug-likeness (QED) is 0.536. The lowest BCUT2D eigenvalue weighted by Crippen LogP contribution is -2.47. The molecule has 0 bridgehead atoms. The van der Waals surface area contributed by atoms with Crippen LogP contribution in [0.25, 0.3) is 11.0 Å². The van der Waals surface area contributed by atoms with E-state index in [1.807, 2.05) is 20.8 Å². The first kappa shape index (κ1) is 24.5. The molecule has 3 heterocycles. The van der Waals surface area contributed by atoms with E-state index in [-0.39, 0.29) is 22.4 Å². The standard InChI is InChI=1S/C26H33N5O4S/c1-25(2,3)35-24(32)30-14-8-9-18(15-30)29-22-21-20(26(4)12-13-26)16-31(23(21)28-17-27-22)36(33,34)19-10-6-5-7-11-19/h5-7,10-11,16-18H,8-9,12-15H2,1-4H3,(H,27,28,29)/t18-/m1/s1. The van der Waals surface area contributed by atoms with E-state index in [0.29, 0.717) is 24.6 Å². The third kappa shape index (κ3) is 4.66. The molecule has 36 heavy (non-hydrogen) atoms. The van der Waals surface area contributed by atoms with Crippen LogP contribution in [0, 0.1) is 0 Å². The zero-order valence-electron chi connectivity index (χ0n) is 21.2. The van der Waals surface area contributed by atoms with E-state index < -0.39 is 15.6 Å². The molecule has 1 atom stereocenters. The minimum atomic E-state index is -3.84. The van der Waals surface area contributed by atoms with Crippen molar-refractivity contribution < 1.29 is 17.9 Å². The van der Waals surface area contributed by atoms with Crippen molar-refractivity contribution >= 4 is 33.0 Å². The molecular weight excluding hydrogens is 478 g/mol. The highest BCUT2D eigenvalue weighted by Crippen LogP contribution is 2.51. The van der Waals surface area contributed by atoms with E-state index in [0.717, 1.165) is 36.6 Å². The van der Waals surface area contributed by atoms with Gasteiger partial charge in [-0.2, -0.15) is 0 Å². The molecule has 5 rings (SSSR count). The largest absolute Gasteiger partial charge is 0.444 e. The summed E-state index contributed by atoms with van der Waals surface area (Å²) >= 11 is 0. The smallest absolute Gasteiger partial charge is 0.410 e. The van der Waals surface area contributed by atoms with Gasteiger partial charge in [0, 0.05) is 25.3 Å². The second-order valence-electron chi connectivity index (χ2n) is 11.0. The lowest BCUT2D eigenvalue weighted by Gasteiger charge is -2.34. The van der Waals surface area contributed by atoms with Crippen molar-refractivity contribution in [1.82, 2.24) is 18.8 Å². The van der Waals surface area contributed by atoms with Crippen LogP contribution in [0.1, 0.15) is 58.9 Å². The van der Waals surface area contributed by atoms with E-state index in [1.54, 1.807) is 41.4 Å². The van der Waals surface area contributed by atoms with Crippen molar-refractivity contribution in [3.05, 3.63) is 48.4 Å². The Balaban J connectivity index is 1.51. The number of anilines is 1. The van der Waals surface area contributed by atoms with Gasteiger partial charge in [-0.15, -0.1) is 0 Å². The van der Waals surface area contributed by atoms with Gasteiger partial charge in [0.2, 0.25) is 0 Å². The number of hydrogen-bond acceptors (Lipinski definition) is 7. The predicted molar refractivity (Wildman–Crippen MR) is 138 cm³/mol. The maximum Gasteiger partial charge on any atom is 0.410 e. The number of piperidine rings is 1. The number of nitrogens with one attached hydrogen (secondary N) is 1. The van der Waals surface area contributed by atoms with Crippen molar-refractivity contribution in [2.24, 2.45) is 0 Å². The molecule has 1 N–H and O–H groups in total. The average Bonchev–Trinajstić information content (AvgIpc) is 3.44. The van der Waals surface area contributed by atoms with E-state index in [2.05, 4.69) is 22.2 Å². The second-order valence-corrected chi connectivity index (χ2v) is 12.9. The van der Waals surface area contributed by atoms with Gasteiger partial charge in [-0.1, -0.05) is 25.1 Å². The zero-order valence-corrected chi connectivity index (χ0v) is 22.0. The Morgan fingerprint density at radius 3 is 2.56 bits per heavy atom. The molecule has 0 spiro atoms. The van der Waals surface area contributed by atoms with E-state index in [1.165, 1.54) is 10.3 Å². The molecule has 1 saturated heterocycles. The van der Waals surface area contributed by atoms with Gasteiger partial charge in [0.05, 0.1) is 10.3 Å². The third-order valence-corrected chi connectivity index (χ3v) is 8.58. The normalized spacial score (nSPS) is 19.8. The molecule has 9 nitrogen and oxygen atoms in total. The maximum atomic E-state index is 13.6. The fourth-order valence-electron chi connectivity index (χ4n) is 4.73. The monoisotopic (exact) mass is 511 g/mol. The van der Waals surface area contributed by atoms with Gasteiger partial charge in [0.1, 0.15) is 17.7 Å². The molecule has 1 amide bonds. The molecule has 192 valence electrons. The fraction of sp³-hybridized carbons (Fsp3) is 0.500. The summed E-state index contributed by atoms with van der Waals surface area (Å²) in [6.07, 6.45) is 6.43. The number of fused-ring (bicyclic) bond motifs is 1. The van der Waals surface area contributed by atoms with Crippen molar-refractivity contribution in [2.45, 2.75) is 75.3 Å². The number of likely N-dealkylation sites (tertiary alicyclic amines) is 1. The SMILES string of the molecule is CC(C)(C)OC(=O)N1CCC[C@@H](Nc2ncnc3c2c(C2(C)CC2)cn3S(=O)(=O)c2ccccc2)C1. The van der Waals surface area contributed by atoms with Gasteiger partial charge in [0.25, 0.3) is 10.0 Å². The Bertz CT molecular complexity index is 1390. The Labute approximate surface area is 211 Å². The topological polar surface area (TPSA) is 106 Å². The van der Waals surface area contributed by atoms with Gasteiger partial charge in [-0.3, -0.25) is 0 Å². The number of ether oxygens (including phenoxy) is 1. The van der Waals surface area contributed by atoms with E-state index in [9.17, 15) is 13.2 Å². The highest BCUT2D eigenvalue weighted by atomic mass is 32.2. The van der Waals surface area contributed by atoms with E-state index >= 15 is 0 Å². The maximum absolute atomic E-state index is 13.6. The van der Waals surface area contributed by atoms with Crippen molar-refractivity contribution in [1.29, 1.82) is 0 Å². The highest BCUT2D eigenvalue weighted by Gasteiger charge is 2.43. The van der Waals surface area contributed by atoms with Gasteiger partial charge in [0.15, 0.2) is 5.65 Å². The Morgan fingerprint density at radius 1 is 1.17 bits per heavy atom. The summed E-state index contributed by atoms with van der Waals surface area (Å²) in [7, 11) is -3.84. The van der Waals surface area contributed by atoms with Crippen LogP contribution in [0.15, 0.2) is 47.8 Å². The molecule has 1 aliphatic heterocycles. The lowest BCUT2D eigenvalue weighted by molar-refractivity contribution is 0.0206. The molecule has 0 unspecified atom stereocenters. The number of rotatable bonds is 5. The Hall–Kier alpha value is -3.14. The summed E-state index contributed by atoms with van der Waals surface area (Å²) < 4.78 is 34.0. The summed E-state index contributed by atoms with van der Waals surface area (Å²) in [5, 5.41) is 4.24. The van der Waals surface area contributed by atoms with Crippen molar-refractivity contribution in [3.8, 4) is 0 Å². The van der Waals surface area contributed by atoms with Gasteiger partial charge in [-0.25, -0.2) is 27.2 Å². The average molecular weight is 512 g/mol. The number of carbonyl (C=O) groups excluding carboxylic acids is 1. The minimum absolute atomic E-state index is 0.0432. The molecule has 0 radical (unpaired) electrons. The summed E-state index contributed by atoms with van der Waals surface area (Å²) in [4.78, 5) is 23.5. The van der Waals surface area contributed by atoms with Crippen LogP contribution < -0.4 is 5.32 Å². The van der Waals surface area contributed by atoms with Gasteiger partial charge in [-0.05, 0) is 69.6 Å². The molecule has 2 aromatic heterocycles. The fourth-order valence-corrected chi connectivity index (χ4v) is 6.07. The molecule has 1 saturated carbocycles. The number of hydrogen-bond donors (Lipinski definition) is 1. The van der Waals surface area contributed by atoms with Gasteiger partial charge < -0.3 is 15.0 Å². The lowest BCUT2D eigenvalue weighted by atomic mass is 9.98. The van der Waals surface area contributed by atoms with Crippen LogP contribution in [-0.4, -0.2) is 58.1 Å². The molecule has 2 fully saturated rings. The minimum Gasteiger partial charge on any atom is -0.444 e. The highest BCUT2D eigenvalue weighted by molar-refractivity contribution is 7.90. The van der Waals surface area contributed by atoms with Crippen LogP contribution in [0.4, 0.5) is 10.6 Å². The molecule has 1 aromatic carbocycles. The number of nitrogens with zero attached hydrogens (tertiary/aromatic N) is 4. The Morgan fingerprint density at radius 2 is 1.89 bits per heavy atom. The summed E-state index contributed by atoms with van der Waals surface area (Å²) in [5.74, 6) is 0.598. The van der Waals surface area contributed by atoms with Gasteiger partial charge >= 0.3 is 6.09 Å². The molecule has 1 aliphatic carbocycles. The van der Waals surface area contributed by atoms with Crippen LogP contribution in [-0.2, 0) is 20.2 Å². The summed E-state index contributed by atoms with van der Waals surface area (Å²) in [6.45, 7) is 8.84. The predicted octanol–water partition coefficient (Wildman–Crippen LogP) is 4.53. The van der Waals surface area contributed by atoms with E-state index in [4.69, 9.17) is 4.74 Å². The number of amides is 1. The van der Waals surface area contributed by atoms with Crippen LogP contribution >= 0.6 is 0 Å². The van der Waals surface area contributed by atoms with Crippen LogP contribution in [0.3, 0.4) is 0 Å². The molecule has 3 aromatic rings. The molecule has 2 aliphatic rings. The summed E-state index contributed by atoms with van der Waals surface area (Å²) in [6, 6.07) is 8.35. The zero-order chi connectivity index (χ0) is 25.7. The van der Waals surface area contributed by atoms with Crippen LogP contribution in [0.5, 0.6) is 0 Å². The Kier molecular flexibility index (Phi) is 5.97. The summed E-state index contributed by atoms with van der Waals surface area (Å²) in [5.41, 5.74) is 0.614. The van der Waals surface area contributed by atoms with Crippen LogP contribution in [0.2, 0.25) is 0 Å². The first-order chi connectivity index (χ1) is 17.0. The first-order valence-corrected chi connectivity index (χ1v) is 13.8.